The lowest BCUT2D eigenvalue weighted by Gasteiger charge is -1.71. The Hall–Kier alpha value is -0.780. The summed E-state index contributed by atoms with van der Waals surface area (Å²) in [5, 5.41) is 0. The zero-order chi connectivity index (χ0) is 6.24. The molecule has 0 amide bonds. The molecule has 0 heteroatoms. The maximum Gasteiger partial charge on any atom is -0.0347 e. The van der Waals surface area contributed by atoms with Crippen molar-refractivity contribution in [1.29, 1.82) is 0 Å². The van der Waals surface area contributed by atoms with Gasteiger partial charge in [-0.2, -0.15) is 0 Å². The lowest BCUT2D eigenvalue weighted by molar-refractivity contribution is 1.40. The van der Waals surface area contributed by atoms with Crippen LogP contribution in [0, 0.1) is 13.5 Å². The Morgan fingerprint density at radius 2 is 2.00 bits per heavy atom. The molecule has 0 aromatic carbocycles. The third-order valence-corrected chi connectivity index (χ3v) is 0.636. The molecule has 0 fully saturated rings. The molecule has 0 aliphatic heterocycles. The normalized spacial score (nSPS) is 11.1. The molecule has 42 valence electrons. The smallest absolute Gasteiger partial charge is 0.0347 e. The molecule has 0 unspecified atom stereocenters. The highest BCUT2D eigenvalue weighted by Gasteiger charge is 1.59. The van der Waals surface area contributed by atoms with Crippen LogP contribution in [-0.4, -0.2) is 0 Å². The Morgan fingerprint density at radius 1 is 1.25 bits per heavy atom. The molecular weight excluding hydrogens is 96.1 g/mol. The summed E-state index contributed by atoms with van der Waals surface area (Å²) in [5.41, 5.74) is 0. The summed E-state index contributed by atoms with van der Waals surface area (Å²) in [5.74, 6) is 0. The maximum absolute atomic E-state index is 5.05. The molecule has 0 N–H and O–H groups in total. The minimum absolute atomic E-state index is 0.828. The zero-order valence-corrected chi connectivity index (χ0v) is 4.88. The molecule has 0 rings (SSSR count). The van der Waals surface area contributed by atoms with Gasteiger partial charge in [0.1, 0.15) is 0 Å². The molecule has 0 heterocycles. The lowest BCUT2D eigenvalue weighted by atomic mass is 10.4. The molecule has 0 atom stereocenters. The van der Waals surface area contributed by atoms with E-state index in [2.05, 4.69) is 6.92 Å². The highest BCUT2D eigenvalue weighted by molar-refractivity contribution is 5.08. The molecule has 8 heavy (non-hydrogen) atoms. The number of rotatable bonds is 3. The van der Waals surface area contributed by atoms with E-state index in [0.29, 0.717) is 0 Å². The van der Waals surface area contributed by atoms with Gasteiger partial charge in [0.2, 0.25) is 0 Å². The second-order valence-electron chi connectivity index (χ2n) is 1.29. The average molecular weight is 106 g/mol. The molecule has 0 saturated heterocycles. The fraction of sp³-hybridized carbons (Fsp3) is 0.125. The Kier molecular flexibility index (Phi) is 5.61. The molecule has 0 aliphatic carbocycles. The van der Waals surface area contributed by atoms with Crippen LogP contribution in [0.15, 0.2) is 30.4 Å². The summed E-state index contributed by atoms with van der Waals surface area (Å²) in [6, 6.07) is 0. The van der Waals surface area contributed by atoms with Gasteiger partial charge in [0, 0.05) is 0 Å². The fourth-order valence-electron chi connectivity index (χ4n) is 0.303. The average Bonchev–Trinajstić information content (AvgIpc) is 1.81. The van der Waals surface area contributed by atoms with E-state index in [4.69, 9.17) is 6.58 Å². The van der Waals surface area contributed by atoms with E-state index in [1.165, 1.54) is 6.08 Å². The van der Waals surface area contributed by atoms with Gasteiger partial charge in [0.25, 0.3) is 0 Å². The zero-order valence-electron chi connectivity index (χ0n) is 4.88. The van der Waals surface area contributed by atoms with Gasteiger partial charge in [0.15, 0.2) is 0 Å². The number of hydrogen-bond donors (Lipinski definition) is 0. The van der Waals surface area contributed by atoms with Crippen LogP contribution in [0.2, 0.25) is 0 Å². The van der Waals surface area contributed by atoms with Crippen LogP contribution >= 0.6 is 0 Å². The van der Waals surface area contributed by atoms with Crippen molar-refractivity contribution in [1.82, 2.24) is 0 Å². The third kappa shape index (κ3) is 5.22. The van der Waals surface area contributed by atoms with E-state index < -0.39 is 0 Å². The first-order valence-corrected chi connectivity index (χ1v) is 2.57. The molecule has 0 aromatic rings. The van der Waals surface area contributed by atoms with E-state index in [9.17, 15) is 0 Å². The van der Waals surface area contributed by atoms with E-state index in [1.54, 1.807) is 6.08 Å². The lowest BCUT2D eigenvalue weighted by Crippen LogP contribution is -1.50. The predicted octanol–water partition coefficient (Wildman–Crippen LogP) is 2.31. The highest BCUT2D eigenvalue weighted by Crippen LogP contribution is 1.80. The summed E-state index contributed by atoms with van der Waals surface area (Å²) < 4.78 is 0. The summed E-state index contributed by atoms with van der Waals surface area (Å²) in [7, 11) is 0. The van der Waals surface area contributed by atoms with Crippen LogP contribution in [-0.2, 0) is 0 Å². The molecule has 0 nitrogen and oxygen atoms in total. The molecular formula is C8H10. The third-order valence-electron chi connectivity index (χ3n) is 0.636. The predicted molar refractivity (Wildman–Crippen MR) is 37.1 cm³/mol. The van der Waals surface area contributed by atoms with Crippen LogP contribution < -0.4 is 0 Å². The Bertz CT molecular complexity index is 96.6. The SMILES string of the molecule is [CH]=CC=CC=CC[CH2]. The van der Waals surface area contributed by atoms with Gasteiger partial charge in [0.05, 0.1) is 0 Å². The monoisotopic (exact) mass is 106 g/mol. The first-order chi connectivity index (χ1) is 3.91. The van der Waals surface area contributed by atoms with Crippen LogP contribution in [0.1, 0.15) is 6.42 Å². The van der Waals surface area contributed by atoms with Crippen molar-refractivity contribution in [2.24, 2.45) is 0 Å². The maximum atomic E-state index is 5.05. The Balaban J connectivity index is 3.26. The topological polar surface area (TPSA) is 0 Å². The van der Waals surface area contributed by atoms with Crippen molar-refractivity contribution >= 4 is 0 Å². The Morgan fingerprint density at radius 3 is 2.50 bits per heavy atom. The van der Waals surface area contributed by atoms with Gasteiger partial charge in [-0.15, -0.1) is 0 Å². The fourth-order valence-corrected chi connectivity index (χ4v) is 0.303. The largest absolute Gasteiger partial charge is 0.0845 e. The highest BCUT2D eigenvalue weighted by atomic mass is 13.7. The van der Waals surface area contributed by atoms with Crippen LogP contribution in [0.4, 0.5) is 0 Å². The van der Waals surface area contributed by atoms with Crippen LogP contribution in [0.5, 0.6) is 0 Å². The Labute approximate surface area is 51.2 Å². The summed E-state index contributed by atoms with van der Waals surface area (Å²) in [6.45, 7) is 8.67. The van der Waals surface area contributed by atoms with E-state index in [1.807, 2.05) is 18.2 Å². The second kappa shape index (κ2) is 6.22. The summed E-state index contributed by atoms with van der Waals surface area (Å²) >= 11 is 0. The molecule has 0 aromatic heterocycles. The van der Waals surface area contributed by atoms with Crippen molar-refractivity contribution in [3.63, 3.8) is 0 Å². The van der Waals surface area contributed by atoms with Crippen molar-refractivity contribution in [2.75, 3.05) is 0 Å². The molecule has 2 radical (unpaired) electrons. The molecule has 0 bridgehead atoms. The molecule has 0 aliphatic rings. The van der Waals surface area contributed by atoms with Crippen LogP contribution in [0.3, 0.4) is 0 Å². The minimum Gasteiger partial charge on any atom is -0.0845 e. The van der Waals surface area contributed by atoms with Gasteiger partial charge in [-0.25, -0.2) is 0 Å². The molecule has 0 saturated carbocycles. The van der Waals surface area contributed by atoms with Crippen molar-refractivity contribution in [3.05, 3.63) is 43.9 Å². The van der Waals surface area contributed by atoms with Gasteiger partial charge < -0.3 is 0 Å². The number of allylic oxidation sites excluding steroid dienone is 5. The van der Waals surface area contributed by atoms with Gasteiger partial charge in [-0.3, -0.25) is 0 Å². The van der Waals surface area contributed by atoms with Crippen molar-refractivity contribution in [3.8, 4) is 0 Å². The van der Waals surface area contributed by atoms with Gasteiger partial charge >= 0.3 is 0 Å². The van der Waals surface area contributed by atoms with Crippen molar-refractivity contribution in [2.45, 2.75) is 6.42 Å². The van der Waals surface area contributed by atoms with Crippen LogP contribution in [0.25, 0.3) is 0 Å². The minimum atomic E-state index is 0.828. The quantitative estimate of drug-likeness (QED) is 0.484. The second-order valence-corrected chi connectivity index (χ2v) is 1.29. The van der Waals surface area contributed by atoms with Gasteiger partial charge in [-0.05, 0) is 13.3 Å². The first kappa shape index (κ1) is 7.22. The van der Waals surface area contributed by atoms with E-state index in [-0.39, 0.29) is 0 Å². The summed E-state index contributed by atoms with van der Waals surface area (Å²) in [6.07, 6.45) is 9.83. The number of hydrogen-bond acceptors (Lipinski definition) is 0. The van der Waals surface area contributed by atoms with Gasteiger partial charge in [-0.1, -0.05) is 37.0 Å². The van der Waals surface area contributed by atoms with E-state index >= 15 is 0 Å². The van der Waals surface area contributed by atoms with E-state index in [0.717, 1.165) is 6.42 Å². The van der Waals surface area contributed by atoms with Crippen molar-refractivity contribution < 1.29 is 0 Å². The molecule has 0 spiro atoms. The summed E-state index contributed by atoms with van der Waals surface area (Å²) in [4.78, 5) is 0. The standard InChI is InChI=1S/C8H10/c1-3-5-7-8-6-4-2/h1,3,5-8H,2,4H2. The first-order valence-electron chi connectivity index (χ1n) is 2.57.